The number of halogens is 2. The number of rotatable bonds is 4. The molecule has 0 radical (unpaired) electrons. The van der Waals surface area contributed by atoms with Crippen LogP contribution in [0.1, 0.15) is 33.0 Å². The first-order chi connectivity index (χ1) is 21.2. The molecule has 214 valence electrons. The van der Waals surface area contributed by atoms with Gasteiger partial charge in [-0.1, -0.05) is 41.1 Å². The molecule has 44 heavy (non-hydrogen) atoms. The fourth-order valence-electron chi connectivity index (χ4n) is 5.05. The number of pyridine rings is 2. The first kappa shape index (κ1) is 29.0. The number of aromatic nitrogens is 4. The van der Waals surface area contributed by atoms with E-state index < -0.39 is 11.5 Å². The van der Waals surface area contributed by atoms with Crippen molar-refractivity contribution in [1.82, 2.24) is 19.5 Å². The number of carboxylic acids is 1. The number of benzene rings is 2. The lowest BCUT2D eigenvalue weighted by molar-refractivity contribution is 0.0699. The maximum absolute atomic E-state index is 13.8. The summed E-state index contributed by atoms with van der Waals surface area (Å²) in [6.45, 7) is 3.52. The van der Waals surface area contributed by atoms with Crippen LogP contribution in [0.2, 0.25) is 10.0 Å². The zero-order chi connectivity index (χ0) is 31.1. The van der Waals surface area contributed by atoms with Gasteiger partial charge in [-0.05, 0) is 56.3 Å². The topological polar surface area (TPSA) is 122 Å². The Hall–Kier alpha value is -5.06. The number of aryl methyl sites for hydroxylation is 2. The van der Waals surface area contributed by atoms with Crippen molar-refractivity contribution in [3.63, 3.8) is 0 Å². The second-order valence-corrected chi connectivity index (χ2v) is 11.5. The summed E-state index contributed by atoms with van der Waals surface area (Å²) >= 11 is 14.2. The highest BCUT2D eigenvalue weighted by molar-refractivity contribution is 7.18. The minimum absolute atomic E-state index is 0.00484. The number of carbonyl (C=O) groups is 1. The second kappa shape index (κ2) is 11.6. The van der Waals surface area contributed by atoms with Crippen LogP contribution in [-0.4, -0.2) is 30.6 Å². The number of carboxylic acid groups (broad SMARTS) is 1. The molecular formula is C33H19Cl2N5O3S. The van der Waals surface area contributed by atoms with Gasteiger partial charge in [0, 0.05) is 44.5 Å². The van der Waals surface area contributed by atoms with Crippen molar-refractivity contribution in [2.75, 3.05) is 0 Å². The lowest BCUT2D eigenvalue weighted by Gasteiger charge is -2.13. The Bertz CT molecular complexity index is 2340. The van der Waals surface area contributed by atoms with Gasteiger partial charge in [0.2, 0.25) is 0 Å². The Morgan fingerprint density at radius 1 is 1.09 bits per heavy atom. The van der Waals surface area contributed by atoms with Crippen LogP contribution < -0.4 is 5.56 Å². The normalized spacial score (nSPS) is 10.9. The van der Waals surface area contributed by atoms with Crippen LogP contribution in [0, 0.1) is 37.0 Å². The highest BCUT2D eigenvalue weighted by Crippen LogP contribution is 2.37. The van der Waals surface area contributed by atoms with Gasteiger partial charge < -0.3 is 5.11 Å². The fraction of sp³-hybridized carbons (Fsp3) is 0.0909. The molecule has 6 aromatic rings. The molecule has 0 amide bonds. The predicted molar refractivity (Wildman–Crippen MR) is 172 cm³/mol. The van der Waals surface area contributed by atoms with Crippen molar-refractivity contribution in [2.45, 2.75) is 20.4 Å². The Balaban J connectivity index is 1.46. The average molecular weight is 637 g/mol. The van der Waals surface area contributed by atoms with Gasteiger partial charge in [-0.25, -0.2) is 9.78 Å². The summed E-state index contributed by atoms with van der Waals surface area (Å²) in [5.41, 5.74) is 4.18. The summed E-state index contributed by atoms with van der Waals surface area (Å²) in [5.74, 6) is 5.56. The number of nitrogens with zero attached hydrogens (tertiary/aromatic N) is 5. The Labute approximate surface area is 264 Å². The molecule has 0 saturated heterocycles. The van der Waals surface area contributed by atoms with Crippen molar-refractivity contribution < 1.29 is 9.90 Å². The largest absolute Gasteiger partial charge is 0.478 e. The maximum Gasteiger partial charge on any atom is 0.338 e. The monoisotopic (exact) mass is 635 g/mol. The summed E-state index contributed by atoms with van der Waals surface area (Å²) in [7, 11) is 0. The van der Waals surface area contributed by atoms with Crippen LogP contribution in [0.4, 0.5) is 0 Å². The van der Waals surface area contributed by atoms with Gasteiger partial charge >= 0.3 is 5.97 Å². The van der Waals surface area contributed by atoms with E-state index in [4.69, 9.17) is 23.2 Å². The van der Waals surface area contributed by atoms with E-state index in [1.807, 2.05) is 19.1 Å². The van der Waals surface area contributed by atoms with Crippen LogP contribution in [0.5, 0.6) is 0 Å². The van der Waals surface area contributed by atoms with Crippen molar-refractivity contribution >= 4 is 61.6 Å². The molecule has 0 fully saturated rings. The van der Waals surface area contributed by atoms with E-state index in [-0.39, 0.29) is 28.1 Å². The van der Waals surface area contributed by atoms with Crippen LogP contribution in [0.15, 0.2) is 64.9 Å². The third-order valence-corrected chi connectivity index (χ3v) is 8.60. The second-order valence-electron chi connectivity index (χ2n) is 9.81. The first-order valence-corrected chi connectivity index (χ1v) is 14.8. The first-order valence-electron chi connectivity index (χ1n) is 13.1. The van der Waals surface area contributed by atoms with Gasteiger partial charge in [0.1, 0.15) is 11.9 Å². The standard InChI is InChI=1S/C33H19Cl2N5O3S/c1-17-5-3-7-26(38-17)28-23(15-36)29-27(14-25(28)35)39-18(2)40(32(29)41)12-4-6-19-8-9-20(34)13-22(19)21-10-11-37-30-24(33(42)43)16-44-31(21)30/h3,5,7-11,13-14,16H,12H2,1-2H3,(H,42,43). The molecular weight excluding hydrogens is 617 g/mol. The molecule has 2 aromatic carbocycles. The van der Waals surface area contributed by atoms with Crippen LogP contribution in [0.3, 0.4) is 0 Å². The van der Waals surface area contributed by atoms with Crippen molar-refractivity contribution in [3.8, 4) is 40.3 Å². The number of hydrogen-bond acceptors (Lipinski definition) is 7. The summed E-state index contributed by atoms with van der Waals surface area (Å²) in [6, 6.07) is 16.2. The quantitative estimate of drug-likeness (QED) is 0.202. The minimum Gasteiger partial charge on any atom is -0.478 e. The molecule has 0 bridgehead atoms. The third kappa shape index (κ3) is 5.08. The molecule has 1 N–H and O–H groups in total. The van der Waals surface area contributed by atoms with Gasteiger partial charge in [0.05, 0.1) is 49.5 Å². The highest BCUT2D eigenvalue weighted by atomic mass is 35.5. The maximum atomic E-state index is 13.8. The molecule has 0 saturated carbocycles. The summed E-state index contributed by atoms with van der Waals surface area (Å²) < 4.78 is 2.11. The van der Waals surface area contributed by atoms with Gasteiger partial charge in [0.15, 0.2) is 0 Å². The Morgan fingerprint density at radius 2 is 1.91 bits per heavy atom. The van der Waals surface area contributed by atoms with Gasteiger partial charge in [0.25, 0.3) is 5.56 Å². The molecule has 6 rings (SSSR count). The molecule has 8 nitrogen and oxygen atoms in total. The van der Waals surface area contributed by atoms with E-state index in [2.05, 4.69) is 32.9 Å². The molecule has 0 atom stereocenters. The van der Waals surface area contributed by atoms with E-state index in [0.29, 0.717) is 49.0 Å². The zero-order valence-electron chi connectivity index (χ0n) is 23.1. The number of nitriles is 1. The molecule has 11 heteroatoms. The fourth-order valence-corrected chi connectivity index (χ4v) is 6.54. The zero-order valence-corrected chi connectivity index (χ0v) is 25.5. The van der Waals surface area contributed by atoms with E-state index in [9.17, 15) is 20.0 Å². The highest BCUT2D eigenvalue weighted by Gasteiger charge is 2.21. The van der Waals surface area contributed by atoms with Crippen molar-refractivity contribution in [3.05, 3.63) is 109 Å². The number of fused-ring (bicyclic) bond motifs is 2. The Morgan fingerprint density at radius 3 is 2.66 bits per heavy atom. The van der Waals surface area contributed by atoms with E-state index in [1.165, 1.54) is 15.9 Å². The molecule has 4 heterocycles. The van der Waals surface area contributed by atoms with E-state index in [1.54, 1.807) is 54.9 Å². The lowest BCUT2D eigenvalue weighted by atomic mass is 9.99. The molecule has 4 aromatic heterocycles. The molecule has 0 aliphatic rings. The summed E-state index contributed by atoms with van der Waals surface area (Å²) in [4.78, 5) is 38.9. The molecule has 0 spiro atoms. The van der Waals surface area contributed by atoms with Crippen LogP contribution in [-0.2, 0) is 6.54 Å². The minimum atomic E-state index is -1.05. The van der Waals surface area contributed by atoms with Crippen LogP contribution in [0.25, 0.3) is 43.5 Å². The van der Waals surface area contributed by atoms with Crippen molar-refractivity contribution in [1.29, 1.82) is 5.26 Å². The third-order valence-electron chi connectivity index (χ3n) is 7.06. The van der Waals surface area contributed by atoms with Gasteiger partial charge in [-0.3, -0.25) is 19.3 Å². The molecule has 0 aliphatic carbocycles. The number of aromatic carboxylic acids is 1. The summed E-state index contributed by atoms with van der Waals surface area (Å²) in [5, 5.41) is 22.2. The molecule has 0 unspecified atom stereocenters. The number of hydrogen-bond donors (Lipinski definition) is 1. The smallest absolute Gasteiger partial charge is 0.338 e. The van der Waals surface area contributed by atoms with Crippen molar-refractivity contribution in [2.24, 2.45) is 0 Å². The Kier molecular flexibility index (Phi) is 7.62. The van der Waals surface area contributed by atoms with Gasteiger partial charge in [-0.15, -0.1) is 11.3 Å². The number of thiophene rings is 1. The molecule has 0 aliphatic heterocycles. The van der Waals surface area contributed by atoms with E-state index in [0.717, 1.165) is 11.3 Å². The summed E-state index contributed by atoms with van der Waals surface area (Å²) in [6.07, 6.45) is 1.55. The predicted octanol–water partition coefficient (Wildman–Crippen LogP) is 7.28. The van der Waals surface area contributed by atoms with E-state index >= 15 is 0 Å². The lowest BCUT2D eigenvalue weighted by Crippen LogP contribution is -2.24. The SMILES string of the molecule is Cc1cccc(-c2c(Cl)cc3nc(C)n(CC#Cc4ccc(Cl)cc4-c4ccnc5c(C(=O)O)csc45)c(=O)c3c2C#N)n1. The average Bonchev–Trinajstić information content (AvgIpc) is 3.43. The van der Waals surface area contributed by atoms with Gasteiger partial charge in [-0.2, -0.15) is 5.26 Å². The van der Waals surface area contributed by atoms with Crippen LogP contribution >= 0.6 is 34.5 Å².